The van der Waals surface area contributed by atoms with Crippen LogP contribution in [0.15, 0.2) is 42.5 Å². The van der Waals surface area contributed by atoms with Crippen LogP contribution >= 0.6 is 0 Å². The van der Waals surface area contributed by atoms with Gasteiger partial charge in [0.1, 0.15) is 11.5 Å². The molecule has 2 nitrogen and oxygen atoms in total. The Morgan fingerprint density at radius 2 is 1.65 bits per heavy atom. The molecule has 0 heterocycles. The van der Waals surface area contributed by atoms with Gasteiger partial charge in [0.15, 0.2) is 0 Å². The van der Waals surface area contributed by atoms with Crippen LogP contribution < -0.4 is 10.1 Å². The largest absolute Gasteiger partial charge is 0.457 e. The minimum absolute atomic E-state index is 0.546. The van der Waals surface area contributed by atoms with E-state index in [0.29, 0.717) is 5.92 Å². The van der Waals surface area contributed by atoms with Crippen molar-refractivity contribution < 1.29 is 4.74 Å². The number of benzene rings is 2. The van der Waals surface area contributed by atoms with Gasteiger partial charge in [-0.15, -0.1) is 0 Å². The van der Waals surface area contributed by atoms with Crippen LogP contribution in [0.25, 0.3) is 0 Å². The highest BCUT2D eigenvalue weighted by molar-refractivity contribution is 5.39. The number of hydrogen-bond acceptors (Lipinski definition) is 2. The molecule has 0 saturated carbocycles. The summed E-state index contributed by atoms with van der Waals surface area (Å²) in [6.07, 6.45) is 0. The molecule has 20 heavy (non-hydrogen) atoms. The molecule has 0 saturated heterocycles. The molecule has 0 amide bonds. The lowest BCUT2D eigenvalue weighted by Gasteiger charge is -2.12. The van der Waals surface area contributed by atoms with Gasteiger partial charge in [-0.2, -0.15) is 0 Å². The van der Waals surface area contributed by atoms with E-state index in [1.165, 1.54) is 16.7 Å². The predicted molar refractivity (Wildman–Crippen MR) is 84.5 cm³/mol. The van der Waals surface area contributed by atoms with E-state index < -0.39 is 0 Å². The van der Waals surface area contributed by atoms with E-state index in [4.69, 9.17) is 4.74 Å². The van der Waals surface area contributed by atoms with Gasteiger partial charge < -0.3 is 10.1 Å². The maximum absolute atomic E-state index is 5.91. The van der Waals surface area contributed by atoms with Gasteiger partial charge in [0, 0.05) is 6.54 Å². The Labute approximate surface area is 121 Å². The average Bonchev–Trinajstić information content (AvgIpc) is 2.41. The van der Waals surface area contributed by atoms with Gasteiger partial charge in [-0.3, -0.25) is 0 Å². The maximum Gasteiger partial charge on any atom is 0.127 e. The third-order valence-electron chi connectivity index (χ3n) is 3.40. The summed E-state index contributed by atoms with van der Waals surface area (Å²) in [5.41, 5.74) is 3.91. The van der Waals surface area contributed by atoms with Gasteiger partial charge in [-0.25, -0.2) is 0 Å². The second kappa shape index (κ2) is 6.58. The lowest BCUT2D eigenvalue weighted by molar-refractivity contribution is 0.481. The summed E-state index contributed by atoms with van der Waals surface area (Å²) in [6, 6.07) is 14.5. The van der Waals surface area contributed by atoms with Crippen molar-refractivity contribution in [1.82, 2.24) is 5.32 Å². The molecular formula is C18H23NO. The summed E-state index contributed by atoms with van der Waals surface area (Å²) in [5.74, 6) is 2.32. The quantitative estimate of drug-likeness (QED) is 0.854. The molecule has 106 valence electrons. The zero-order valence-electron chi connectivity index (χ0n) is 12.7. The Bertz CT molecular complexity index is 558. The fourth-order valence-corrected chi connectivity index (χ4v) is 2.38. The Balaban J connectivity index is 2.11. The molecule has 2 aromatic carbocycles. The van der Waals surface area contributed by atoms with Crippen LogP contribution in [0.5, 0.6) is 11.5 Å². The van der Waals surface area contributed by atoms with E-state index >= 15 is 0 Å². The van der Waals surface area contributed by atoms with E-state index in [1.54, 1.807) is 0 Å². The number of aryl methyl sites for hydroxylation is 1. The maximum atomic E-state index is 5.91. The third kappa shape index (κ3) is 3.61. The Morgan fingerprint density at radius 3 is 2.20 bits per heavy atom. The molecule has 0 radical (unpaired) electrons. The fraction of sp³-hybridized carbons (Fsp3) is 0.333. The van der Waals surface area contributed by atoms with Crippen LogP contribution in [-0.2, 0) is 6.54 Å². The molecule has 0 bridgehead atoms. The summed E-state index contributed by atoms with van der Waals surface area (Å²) in [5, 5.41) is 3.14. The number of hydrogen-bond donors (Lipinski definition) is 1. The summed E-state index contributed by atoms with van der Waals surface area (Å²) in [4.78, 5) is 0. The zero-order chi connectivity index (χ0) is 14.5. The SMILES string of the molecule is CNCc1ccc(Oc2ccc(C(C)C)c(C)c2)cc1. The van der Waals surface area contributed by atoms with Crippen molar-refractivity contribution in [3.8, 4) is 11.5 Å². The van der Waals surface area contributed by atoms with Crippen molar-refractivity contribution in [3.63, 3.8) is 0 Å². The average molecular weight is 269 g/mol. The summed E-state index contributed by atoms with van der Waals surface area (Å²) < 4.78 is 5.91. The van der Waals surface area contributed by atoms with Gasteiger partial charge in [0.2, 0.25) is 0 Å². The molecule has 0 atom stereocenters. The smallest absolute Gasteiger partial charge is 0.127 e. The van der Waals surface area contributed by atoms with Crippen LogP contribution in [0.2, 0.25) is 0 Å². The molecule has 0 aliphatic carbocycles. The molecule has 1 N–H and O–H groups in total. The zero-order valence-corrected chi connectivity index (χ0v) is 12.7. The minimum Gasteiger partial charge on any atom is -0.457 e. The van der Waals surface area contributed by atoms with E-state index in [-0.39, 0.29) is 0 Å². The predicted octanol–water partition coefficient (Wildman–Crippen LogP) is 4.63. The van der Waals surface area contributed by atoms with Gasteiger partial charge in [-0.05, 0) is 60.8 Å². The van der Waals surface area contributed by atoms with Gasteiger partial charge in [0.25, 0.3) is 0 Å². The highest BCUT2D eigenvalue weighted by Gasteiger charge is 2.05. The minimum atomic E-state index is 0.546. The van der Waals surface area contributed by atoms with Crippen LogP contribution in [0, 0.1) is 6.92 Å². The summed E-state index contributed by atoms with van der Waals surface area (Å²) >= 11 is 0. The molecule has 2 heteroatoms. The molecule has 0 aliphatic rings. The van der Waals surface area contributed by atoms with Crippen molar-refractivity contribution in [2.45, 2.75) is 33.2 Å². The van der Waals surface area contributed by atoms with Crippen LogP contribution in [0.1, 0.15) is 36.5 Å². The monoisotopic (exact) mass is 269 g/mol. The number of nitrogens with one attached hydrogen (secondary N) is 1. The second-order valence-corrected chi connectivity index (χ2v) is 5.45. The van der Waals surface area contributed by atoms with Crippen molar-refractivity contribution in [2.24, 2.45) is 0 Å². The first-order valence-corrected chi connectivity index (χ1v) is 7.12. The third-order valence-corrected chi connectivity index (χ3v) is 3.40. The lowest BCUT2D eigenvalue weighted by Crippen LogP contribution is -2.04. The molecule has 0 aromatic heterocycles. The fourth-order valence-electron chi connectivity index (χ4n) is 2.38. The first kappa shape index (κ1) is 14.6. The second-order valence-electron chi connectivity index (χ2n) is 5.45. The highest BCUT2D eigenvalue weighted by Crippen LogP contribution is 2.27. The Morgan fingerprint density at radius 1 is 1.00 bits per heavy atom. The van der Waals surface area contributed by atoms with Crippen molar-refractivity contribution in [1.29, 1.82) is 0 Å². The highest BCUT2D eigenvalue weighted by atomic mass is 16.5. The lowest BCUT2D eigenvalue weighted by atomic mass is 9.98. The van der Waals surface area contributed by atoms with E-state index in [9.17, 15) is 0 Å². The summed E-state index contributed by atoms with van der Waals surface area (Å²) in [7, 11) is 1.95. The number of ether oxygens (including phenoxy) is 1. The van der Waals surface area contributed by atoms with E-state index in [1.807, 2.05) is 25.2 Å². The van der Waals surface area contributed by atoms with Crippen molar-refractivity contribution in [3.05, 3.63) is 59.2 Å². The van der Waals surface area contributed by atoms with Gasteiger partial charge >= 0.3 is 0 Å². The van der Waals surface area contributed by atoms with Crippen molar-refractivity contribution >= 4 is 0 Å². The van der Waals surface area contributed by atoms with E-state index in [0.717, 1.165) is 18.0 Å². The van der Waals surface area contributed by atoms with Gasteiger partial charge in [-0.1, -0.05) is 32.0 Å². The van der Waals surface area contributed by atoms with Crippen molar-refractivity contribution in [2.75, 3.05) is 7.05 Å². The van der Waals surface area contributed by atoms with Crippen LogP contribution in [-0.4, -0.2) is 7.05 Å². The Kier molecular flexibility index (Phi) is 4.80. The molecule has 0 fully saturated rings. The topological polar surface area (TPSA) is 21.3 Å². The molecule has 0 spiro atoms. The molecule has 0 unspecified atom stereocenters. The van der Waals surface area contributed by atoms with Crippen LogP contribution in [0.3, 0.4) is 0 Å². The first-order valence-electron chi connectivity index (χ1n) is 7.12. The molecule has 0 aliphatic heterocycles. The van der Waals surface area contributed by atoms with Crippen LogP contribution in [0.4, 0.5) is 0 Å². The Hall–Kier alpha value is -1.80. The van der Waals surface area contributed by atoms with Gasteiger partial charge in [0.05, 0.1) is 0 Å². The molecule has 2 aromatic rings. The summed E-state index contributed by atoms with van der Waals surface area (Å²) in [6.45, 7) is 7.44. The number of rotatable bonds is 5. The normalized spacial score (nSPS) is 10.8. The first-order chi connectivity index (χ1) is 9.60. The van der Waals surface area contributed by atoms with E-state index in [2.05, 4.69) is 50.4 Å². The molecular weight excluding hydrogens is 246 g/mol. The standard InChI is InChI=1S/C18H23NO/c1-13(2)18-10-9-17(11-14(18)3)20-16-7-5-15(6-8-16)12-19-4/h5-11,13,19H,12H2,1-4H3. The molecule has 2 rings (SSSR count).